The number of ether oxygens (including phenoxy) is 13. The molecule has 1 aliphatic carbocycles. The highest BCUT2D eigenvalue weighted by Crippen LogP contribution is 2.40. The molecule has 0 amide bonds. The molecule has 0 spiro atoms. The summed E-state index contributed by atoms with van der Waals surface area (Å²) >= 11 is 0. The van der Waals surface area contributed by atoms with E-state index in [1.807, 2.05) is 30.3 Å². The van der Waals surface area contributed by atoms with Gasteiger partial charge in [-0.25, -0.2) is 0 Å². The second kappa shape index (κ2) is 25.8. The lowest BCUT2D eigenvalue weighted by Gasteiger charge is -2.48. The number of hydrogen-bond donors (Lipinski definition) is 1. The first-order chi connectivity index (χ1) is 31.7. The summed E-state index contributed by atoms with van der Waals surface area (Å²) in [7, 11) is 8.27. The summed E-state index contributed by atoms with van der Waals surface area (Å²) in [4.78, 5) is 14.9. The maximum absolute atomic E-state index is 10.6. The predicted molar refractivity (Wildman–Crippen MR) is 219 cm³/mol. The van der Waals surface area contributed by atoms with Crippen LogP contribution in [0.4, 0.5) is 0 Å². The summed E-state index contributed by atoms with van der Waals surface area (Å²) in [6.07, 6.45) is -17.2. The van der Waals surface area contributed by atoms with Crippen LogP contribution in [0.3, 0.4) is 0 Å². The third kappa shape index (κ3) is 12.0. The zero-order valence-corrected chi connectivity index (χ0v) is 36.4. The molecule has 4 aliphatic rings. The molecule has 356 valence electrons. The van der Waals surface area contributed by atoms with Crippen LogP contribution in [0.25, 0.3) is 52.2 Å². The molecule has 29 nitrogen and oxygen atoms in total. The van der Waals surface area contributed by atoms with E-state index in [2.05, 4.69) is 50.1 Å². The number of aliphatic hydroxyl groups excluding tert-OH is 1. The monoisotopic (exact) mass is 919 g/mol. The summed E-state index contributed by atoms with van der Waals surface area (Å²) in [5.41, 5.74) is 48.7. The Hall–Kier alpha value is -4.79. The quantitative estimate of drug-likeness (QED) is 0.0920. The molecule has 3 aliphatic heterocycles. The highest BCUT2D eigenvalue weighted by atomic mass is 16.8. The number of aliphatic hydroxyl groups is 1. The second-order valence-electron chi connectivity index (χ2n) is 14.9. The van der Waals surface area contributed by atoms with Gasteiger partial charge in [0.15, 0.2) is 18.9 Å². The fourth-order valence-corrected chi connectivity index (χ4v) is 8.67. The first-order valence-electron chi connectivity index (χ1n) is 20.2. The van der Waals surface area contributed by atoms with Gasteiger partial charge in [0.2, 0.25) is 0 Å². The van der Waals surface area contributed by atoms with E-state index in [0.717, 1.165) is 5.56 Å². The Morgan fingerprint density at radius 3 is 1.62 bits per heavy atom. The Bertz CT molecular complexity index is 1900. The molecule has 4 fully saturated rings. The van der Waals surface area contributed by atoms with Crippen LogP contribution < -0.4 is 0 Å². The number of azide groups is 5. The van der Waals surface area contributed by atoms with Gasteiger partial charge in [-0.1, -0.05) is 55.9 Å². The molecule has 0 bridgehead atoms. The zero-order valence-electron chi connectivity index (χ0n) is 36.4. The van der Waals surface area contributed by atoms with Crippen LogP contribution in [0.5, 0.6) is 0 Å². The Balaban J connectivity index is 1.51. The highest BCUT2D eigenvalue weighted by Gasteiger charge is 2.57. The second-order valence-corrected chi connectivity index (χ2v) is 14.9. The average Bonchev–Trinajstić information content (AvgIpc) is 3.64. The molecule has 19 atom stereocenters. The Labute approximate surface area is 371 Å². The largest absolute Gasteiger partial charge is 0.394 e. The number of hydrogen-bond acceptors (Lipinski definition) is 19. The Morgan fingerprint density at radius 1 is 0.554 bits per heavy atom. The normalized spacial score (nSPS) is 37.9. The molecule has 65 heavy (non-hydrogen) atoms. The predicted octanol–water partition coefficient (Wildman–Crippen LogP) is 4.05. The molecule has 3 heterocycles. The molecule has 1 N–H and O–H groups in total. The van der Waals surface area contributed by atoms with Crippen molar-refractivity contribution in [3.8, 4) is 0 Å². The fourth-order valence-electron chi connectivity index (χ4n) is 8.67. The van der Waals surface area contributed by atoms with Crippen molar-refractivity contribution in [3.05, 3.63) is 88.1 Å². The van der Waals surface area contributed by atoms with E-state index in [-0.39, 0.29) is 26.2 Å². The van der Waals surface area contributed by atoms with Gasteiger partial charge in [-0.15, -0.1) is 0 Å². The maximum atomic E-state index is 10.6. The SMILES string of the molecule is COCC1OC(OC2C(OC)C(N=[N+]=[N-])CC(N=[N+]=[N-])C2OC2OC(CO)C(OCc3ccccc3)C(OC)C2N=[N+]=[N-])C(OC)C1OC1OC(CN=[N+]=[N-])C(OC)C(OC)C1N=[N+]=[N-]. The van der Waals surface area contributed by atoms with Crippen molar-refractivity contribution >= 4 is 0 Å². The van der Waals surface area contributed by atoms with Crippen LogP contribution in [-0.2, 0) is 68.2 Å². The summed E-state index contributed by atoms with van der Waals surface area (Å²) in [5.74, 6) is 0. The Kier molecular flexibility index (Phi) is 20.3. The van der Waals surface area contributed by atoms with Gasteiger partial charge in [0.1, 0.15) is 54.8 Å². The molecule has 29 heteroatoms. The van der Waals surface area contributed by atoms with E-state index in [1.165, 1.54) is 42.7 Å². The van der Waals surface area contributed by atoms with E-state index in [9.17, 15) is 27.2 Å². The number of rotatable bonds is 23. The van der Waals surface area contributed by atoms with E-state index >= 15 is 0 Å². The van der Waals surface area contributed by atoms with E-state index in [4.69, 9.17) is 67.1 Å². The minimum absolute atomic E-state index is 0.0976. The lowest BCUT2D eigenvalue weighted by atomic mass is 9.84. The van der Waals surface area contributed by atoms with Gasteiger partial charge in [0.05, 0.1) is 69.0 Å². The Morgan fingerprint density at radius 2 is 1.08 bits per heavy atom. The van der Waals surface area contributed by atoms with Crippen LogP contribution in [0.2, 0.25) is 0 Å². The van der Waals surface area contributed by atoms with Crippen LogP contribution in [-0.4, -0.2) is 184 Å². The highest BCUT2D eigenvalue weighted by molar-refractivity contribution is 5.14. The number of nitrogens with zero attached hydrogens (tertiary/aromatic N) is 15. The molecule has 19 unspecified atom stereocenters. The molecule has 0 radical (unpaired) electrons. The van der Waals surface area contributed by atoms with E-state index in [1.54, 1.807) is 0 Å². The maximum Gasteiger partial charge on any atom is 0.187 e. The number of methoxy groups -OCH3 is 6. The minimum atomic E-state index is -1.49. The van der Waals surface area contributed by atoms with Gasteiger partial charge in [0.25, 0.3) is 0 Å². The third-order valence-electron chi connectivity index (χ3n) is 11.5. The third-order valence-corrected chi connectivity index (χ3v) is 11.5. The summed E-state index contributed by atoms with van der Waals surface area (Å²) in [6.45, 7) is -0.773. The summed E-state index contributed by atoms with van der Waals surface area (Å²) in [6, 6.07) is 4.66. The first kappa shape index (κ1) is 51.2. The lowest BCUT2D eigenvalue weighted by Crippen LogP contribution is -2.64. The standard InChI is InChI=1S/C36H53N15O14/c1-53-16-22-29(64-34-23(45-50-40)30(56-4)27(55-3)20(60-34)13-42-47-37)33(58-6)36(62-22)65-32-25(54-2)18(43-48-38)12-19(44-49-39)26(32)63-35-24(46-51-41)31(57-5)28(21(14-52)61-35)59-15-17-10-8-7-9-11-17/h7-11,18-36,52H,12-16H2,1-6H3. The lowest BCUT2D eigenvalue weighted by molar-refractivity contribution is -0.318. The van der Waals surface area contributed by atoms with E-state index in [0.29, 0.717) is 0 Å². The summed E-state index contributed by atoms with van der Waals surface area (Å²) in [5, 5.41) is 30.0. The van der Waals surface area contributed by atoms with Gasteiger partial charge < -0.3 is 66.7 Å². The van der Waals surface area contributed by atoms with Gasteiger partial charge >= 0.3 is 0 Å². The van der Waals surface area contributed by atoms with Crippen LogP contribution in [0.1, 0.15) is 12.0 Å². The zero-order chi connectivity index (χ0) is 46.9. The molecule has 1 aromatic carbocycles. The molecular formula is C36H53N15O14. The minimum Gasteiger partial charge on any atom is -0.394 e. The van der Waals surface area contributed by atoms with Crippen LogP contribution in [0, 0.1) is 0 Å². The van der Waals surface area contributed by atoms with Gasteiger partial charge in [-0.2, -0.15) is 0 Å². The average molecular weight is 920 g/mol. The van der Waals surface area contributed by atoms with Crippen molar-refractivity contribution in [2.45, 2.75) is 129 Å². The van der Waals surface area contributed by atoms with Gasteiger partial charge in [-0.3, -0.25) is 0 Å². The van der Waals surface area contributed by atoms with Crippen molar-refractivity contribution in [1.29, 1.82) is 0 Å². The van der Waals surface area contributed by atoms with Crippen molar-refractivity contribution in [1.82, 2.24) is 0 Å². The number of benzene rings is 1. The molecule has 1 aromatic rings. The van der Waals surface area contributed by atoms with Gasteiger partial charge in [-0.05, 0) is 39.6 Å². The topological polar surface area (TPSA) is 384 Å². The molecule has 3 saturated heterocycles. The molecular weight excluding hydrogens is 866 g/mol. The summed E-state index contributed by atoms with van der Waals surface area (Å²) < 4.78 is 79.5. The van der Waals surface area contributed by atoms with Crippen molar-refractivity contribution < 1.29 is 66.7 Å². The van der Waals surface area contributed by atoms with E-state index < -0.39 is 123 Å². The smallest absolute Gasteiger partial charge is 0.187 e. The van der Waals surface area contributed by atoms with Crippen molar-refractivity contribution in [2.24, 2.45) is 25.6 Å². The van der Waals surface area contributed by atoms with Crippen molar-refractivity contribution in [2.75, 3.05) is 62.4 Å². The molecule has 5 rings (SSSR count). The van der Waals surface area contributed by atoms with Crippen LogP contribution in [0.15, 0.2) is 55.9 Å². The van der Waals surface area contributed by atoms with Gasteiger partial charge in [0, 0.05) is 67.2 Å². The van der Waals surface area contributed by atoms with Crippen molar-refractivity contribution in [3.63, 3.8) is 0 Å². The fraction of sp³-hybridized carbons (Fsp3) is 0.833. The van der Waals surface area contributed by atoms with Crippen LogP contribution >= 0.6 is 0 Å². The molecule has 1 saturated carbocycles. The first-order valence-corrected chi connectivity index (χ1v) is 20.2. The molecule has 0 aromatic heterocycles.